The van der Waals surface area contributed by atoms with Crippen molar-refractivity contribution in [3.63, 3.8) is 0 Å². The lowest BCUT2D eigenvalue weighted by Gasteiger charge is -2.22. The van der Waals surface area contributed by atoms with Gasteiger partial charge in [0.25, 0.3) is 0 Å². The highest BCUT2D eigenvalue weighted by Gasteiger charge is 2.16. The molecule has 0 aliphatic heterocycles. The van der Waals surface area contributed by atoms with E-state index in [0.717, 1.165) is 0 Å². The van der Waals surface area contributed by atoms with Gasteiger partial charge < -0.3 is 19.9 Å². The van der Waals surface area contributed by atoms with E-state index in [1.807, 2.05) is 20.8 Å². The highest BCUT2D eigenvalue weighted by atomic mass is 16.5. The Bertz CT molecular complexity index is 442. The summed E-state index contributed by atoms with van der Waals surface area (Å²) in [6, 6.07) is 0.259. The largest absolute Gasteiger partial charge is 0.464 e. The van der Waals surface area contributed by atoms with Crippen molar-refractivity contribution in [2.24, 2.45) is 0 Å². The van der Waals surface area contributed by atoms with Crippen LogP contribution in [0.15, 0.2) is 0 Å². The van der Waals surface area contributed by atoms with Gasteiger partial charge in [-0.15, -0.1) is 0 Å². The average Bonchev–Trinajstić information content (AvgIpc) is 2.44. The van der Waals surface area contributed by atoms with E-state index in [9.17, 15) is 4.79 Å². The molecule has 118 valence electrons. The molecular weight excluding hydrogens is 272 g/mol. The van der Waals surface area contributed by atoms with Gasteiger partial charge in [-0.2, -0.15) is 15.0 Å². The van der Waals surface area contributed by atoms with Crippen molar-refractivity contribution in [1.29, 1.82) is 0 Å². The lowest BCUT2D eigenvalue weighted by Crippen LogP contribution is -2.37. The summed E-state index contributed by atoms with van der Waals surface area (Å²) in [5.74, 6) is 0.865. The first kappa shape index (κ1) is 16.9. The fourth-order valence-corrected chi connectivity index (χ4v) is 1.55. The third-order valence-corrected chi connectivity index (χ3v) is 2.70. The van der Waals surface area contributed by atoms with Gasteiger partial charge in [-0.1, -0.05) is 0 Å². The van der Waals surface area contributed by atoms with Gasteiger partial charge in [-0.05, 0) is 20.8 Å². The SMILES string of the molecule is CCNc1nc(OCC)nc(N(CC)CC(=O)N(C)C)n1. The van der Waals surface area contributed by atoms with Crippen molar-refractivity contribution in [3.05, 3.63) is 0 Å². The second-order valence-corrected chi connectivity index (χ2v) is 4.51. The number of ether oxygens (including phenoxy) is 1. The Morgan fingerprint density at radius 3 is 2.43 bits per heavy atom. The molecule has 8 heteroatoms. The van der Waals surface area contributed by atoms with Crippen LogP contribution in [-0.2, 0) is 4.79 Å². The van der Waals surface area contributed by atoms with Gasteiger partial charge in [0.2, 0.25) is 17.8 Å². The minimum atomic E-state index is -0.0137. The number of carbonyl (C=O) groups excluding carboxylic acids is 1. The van der Waals surface area contributed by atoms with Gasteiger partial charge in [0.05, 0.1) is 13.2 Å². The van der Waals surface area contributed by atoms with E-state index < -0.39 is 0 Å². The molecule has 0 saturated heterocycles. The number of aromatic nitrogens is 3. The van der Waals surface area contributed by atoms with Crippen LogP contribution in [0, 0.1) is 0 Å². The second kappa shape index (κ2) is 8.23. The highest BCUT2D eigenvalue weighted by molar-refractivity contribution is 5.80. The molecule has 0 aromatic carbocycles. The van der Waals surface area contributed by atoms with Crippen LogP contribution in [-0.4, -0.2) is 66.1 Å². The molecule has 0 unspecified atom stereocenters. The average molecular weight is 296 g/mol. The van der Waals surface area contributed by atoms with Crippen molar-refractivity contribution in [1.82, 2.24) is 19.9 Å². The molecule has 0 saturated carbocycles. The first-order chi connectivity index (χ1) is 10.0. The van der Waals surface area contributed by atoms with Crippen LogP contribution in [0.2, 0.25) is 0 Å². The fraction of sp³-hybridized carbons (Fsp3) is 0.692. The molecule has 0 spiro atoms. The predicted octanol–water partition coefficient (Wildman–Crippen LogP) is 0.617. The molecule has 8 nitrogen and oxygen atoms in total. The Labute approximate surface area is 125 Å². The standard InChI is InChI=1S/C13H24N6O2/c1-6-14-11-15-12(17-13(16-11)21-8-3)19(7-2)9-10(20)18(4)5/h6-9H2,1-5H3,(H,14,15,16,17). The summed E-state index contributed by atoms with van der Waals surface area (Å²) in [5.41, 5.74) is 0. The first-order valence-electron chi connectivity index (χ1n) is 7.09. The zero-order valence-electron chi connectivity index (χ0n) is 13.4. The number of rotatable bonds is 8. The van der Waals surface area contributed by atoms with Crippen LogP contribution >= 0.6 is 0 Å². The molecule has 0 aliphatic carbocycles. The number of nitrogens with zero attached hydrogens (tertiary/aromatic N) is 5. The molecule has 1 aromatic heterocycles. The number of amides is 1. The fourth-order valence-electron chi connectivity index (χ4n) is 1.55. The van der Waals surface area contributed by atoms with Crippen molar-refractivity contribution >= 4 is 17.8 Å². The van der Waals surface area contributed by atoms with Gasteiger partial charge in [0.1, 0.15) is 0 Å². The van der Waals surface area contributed by atoms with Crippen LogP contribution in [0.5, 0.6) is 6.01 Å². The molecular formula is C13H24N6O2. The minimum Gasteiger partial charge on any atom is -0.464 e. The van der Waals surface area contributed by atoms with Gasteiger partial charge in [-0.3, -0.25) is 4.79 Å². The first-order valence-corrected chi connectivity index (χ1v) is 7.09. The maximum Gasteiger partial charge on any atom is 0.323 e. The number of hydrogen-bond acceptors (Lipinski definition) is 7. The third-order valence-electron chi connectivity index (χ3n) is 2.70. The number of hydrogen-bond donors (Lipinski definition) is 1. The summed E-state index contributed by atoms with van der Waals surface area (Å²) in [5, 5.41) is 3.04. The molecule has 1 amide bonds. The topological polar surface area (TPSA) is 83.5 Å². The molecule has 1 rings (SSSR count). The summed E-state index contributed by atoms with van der Waals surface area (Å²) in [7, 11) is 3.44. The van der Waals surface area contributed by atoms with Gasteiger partial charge >= 0.3 is 6.01 Å². The zero-order chi connectivity index (χ0) is 15.8. The highest BCUT2D eigenvalue weighted by Crippen LogP contribution is 2.15. The zero-order valence-corrected chi connectivity index (χ0v) is 13.4. The lowest BCUT2D eigenvalue weighted by atomic mass is 10.4. The van der Waals surface area contributed by atoms with Crippen LogP contribution in [0.4, 0.5) is 11.9 Å². The van der Waals surface area contributed by atoms with Crippen molar-refractivity contribution < 1.29 is 9.53 Å². The Balaban J connectivity index is 3.03. The summed E-state index contributed by atoms with van der Waals surface area (Å²) in [6.07, 6.45) is 0. The number of carbonyl (C=O) groups is 1. The third kappa shape index (κ3) is 5.05. The Morgan fingerprint density at radius 1 is 1.19 bits per heavy atom. The predicted molar refractivity (Wildman–Crippen MR) is 81.7 cm³/mol. The van der Waals surface area contributed by atoms with Crippen molar-refractivity contribution in [2.45, 2.75) is 20.8 Å². The van der Waals surface area contributed by atoms with E-state index >= 15 is 0 Å². The monoisotopic (exact) mass is 296 g/mol. The van der Waals surface area contributed by atoms with E-state index in [2.05, 4.69) is 20.3 Å². The van der Waals surface area contributed by atoms with E-state index in [-0.39, 0.29) is 18.5 Å². The molecule has 21 heavy (non-hydrogen) atoms. The molecule has 1 aromatic rings. The van der Waals surface area contributed by atoms with E-state index in [1.54, 1.807) is 23.9 Å². The Morgan fingerprint density at radius 2 is 1.90 bits per heavy atom. The van der Waals surface area contributed by atoms with Crippen molar-refractivity contribution in [3.8, 4) is 6.01 Å². The smallest absolute Gasteiger partial charge is 0.323 e. The molecule has 0 bridgehead atoms. The van der Waals surface area contributed by atoms with E-state index in [4.69, 9.17) is 4.74 Å². The maximum absolute atomic E-state index is 11.9. The molecule has 0 radical (unpaired) electrons. The number of anilines is 2. The normalized spacial score (nSPS) is 10.1. The second-order valence-electron chi connectivity index (χ2n) is 4.51. The number of nitrogens with one attached hydrogen (secondary N) is 1. The van der Waals surface area contributed by atoms with Crippen LogP contribution in [0.25, 0.3) is 0 Å². The summed E-state index contributed by atoms with van der Waals surface area (Å²) >= 11 is 0. The van der Waals surface area contributed by atoms with Crippen LogP contribution in [0.1, 0.15) is 20.8 Å². The number of likely N-dealkylation sites (N-methyl/N-ethyl adjacent to an activating group) is 2. The van der Waals surface area contributed by atoms with Crippen LogP contribution < -0.4 is 15.0 Å². The molecule has 1 heterocycles. The lowest BCUT2D eigenvalue weighted by molar-refractivity contribution is -0.127. The van der Waals surface area contributed by atoms with Gasteiger partial charge in [0.15, 0.2) is 0 Å². The maximum atomic E-state index is 11.9. The summed E-state index contributed by atoms with van der Waals surface area (Å²) in [4.78, 5) is 28.0. The molecule has 0 atom stereocenters. The Hall–Kier alpha value is -2.12. The summed E-state index contributed by atoms with van der Waals surface area (Å²) < 4.78 is 5.36. The Kier molecular flexibility index (Phi) is 6.64. The quantitative estimate of drug-likeness (QED) is 0.752. The van der Waals surface area contributed by atoms with Crippen LogP contribution in [0.3, 0.4) is 0 Å². The molecule has 0 aliphatic rings. The van der Waals surface area contributed by atoms with Crippen molar-refractivity contribution in [2.75, 3.05) is 50.6 Å². The minimum absolute atomic E-state index is 0.0137. The van der Waals surface area contributed by atoms with E-state index in [0.29, 0.717) is 31.6 Å². The summed E-state index contributed by atoms with van der Waals surface area (Å²) in [6.45, 7) is 7.75. The molecule has 1 N–H and O–H groups in total. The van der Waals surface area contributed by atoms with Gasteiger partial charge in [-0.25, -0.2) is 0 Å². The van der Waals surface area contributed by atoms with Gasteiger partial charge in [0, 0.05) is 27.2 Å². The van der Waals surface area contributed by atoms with E-state index in [1.165, 1.54) is 0 Å². The molecule has 0 fully saturated rings.